The fraction of sp³-hybridized carbons (Fsp3) is 0.174. The van der Waals surface area contributed by atoms with E-state index in [1.807, 2.05) is 90.6 Å². The topological polar surface area (TPSA) is 33.3 Å². The van der Waals surface area contributed by atoms with Crippen LogP contribution >= 0.6 is 35.6 Å². The maximum atomic E-state index is 5.92. The molecule has 3 aromatic carbocycles. The lowest BCUT2D eigenvalue weighted by Gasteiger charge is -2.15. The van der Waals surface area contributed by atoms with Gasteiger partial charge in [-0.25, -0.2) is 0 Å². The molecule has 6 heteroatoms. The van der Waals surface area contributed by atoms with Gasteiger partial charge in [-0.2, -0.15) is 0 Å². The number of ether oxygens (including phenoxy) is 1. The Balaban J connectivity index is 1.39. The maximum Gasteiger partial charge on any atom is 0.170 e. The van der Waals surface area contributed by atoms with Crippen molar-refractivity contribution < 1.29 is 4.74 Å². The first-order chi connectivity index (χ1) is 14.1. The first-order valence-corrected chi connectivity index (χ1v) is 11.1. The van der Waals surface area contributed by atoms with Gasteiger partial charge >= 0.3 is 0 Å². The van der Waals surface area contributed by atoms with Gasteiger partial charge in [0, 0.05) is 27.9 Å². The van der Waals surface area contributed by atoms with E-state index in [0.29, 0.717) is 11.0 Å². The second-order valence-electron chi connectivity index (χ2n) is 6.64. The number of anilines is 1. The van der Waals surface area contributed by atoms with Crippen molar-refractivity contribution in [1.82, 2.24) is 5.32 Å². The summed E-state index contributed by atoms with van der Waals surface area (Å²) in [5.41, 5.74) is 0.922. The summed E-state index contributed by atoms with van der Waals surface area (Å²) >= 11 is 13.2. The second kappa shape index (κ2) is 11.1. The Morgan fingerprint density at radius 2 is 1.62 bits per heavy atom. The molecule has 0 aromatic heterocycles. The molecule has 0 fully saturated rings. The molecule has 0 saturated heterocycles. The van der Waals surface area contributed by atoms with Gasteiger partial charge in [0.2, 0.25) is 0 Å². The van der Waals surface area contributed by atoms with Gasteiger partial charge in [-0.3, -0.25) is 0 Å². The fourth-order valence-electron chi connectivity index (χ4n) is 2.50. The van der Waals surface area contributed by atoms with Gasteiger partial charge in [0.05, 0.1) is 0 Å². The average Bonchev–Trinajstić information content (AvgIpc) is 2.74. The zero-order chi connectivity index (χ0) is 20.5. The van der Waals surface area contributed by atoms with E-state index in [1.54, 1.807) is 0 Å². The summed E-state index contributed by atoms with van der Waals surface area (Å²) in [6.07, 6.45) is 0. The normalized spacial score (nSPS) is 11.5. The standard InChI is InChI=1S/C23H23ClN2OS2/c1-17(16-29-22-13-7-18(24)8-14-22)15-25-23(28)26-19-9-11-21(12-10-19)27-20-5-3-2-4-6-20/h2-14,17H,15-16H2,1H3,(H2,25,26,28). The maximum absolute atomic E-state index is 5.92. The molecular weight excluding hydrogens is 420 g/mol. The lowest BCUT2D eigenvalue weighted by molar-refractivity contribution is 0.483. The number of benzene rings is 3. The van der Waals surface area contributed by atoms with E-state index >= 15 is 0 Å². The van der Waals surface area contributed by atoms with E-state index in [2.05, 4.69) is 17.6 Å². The molecule has 0 heterocycles. The van der Waals surface area contributed by atoms with Crippen molar-refractivity contribution in [2.75, 3.05) is 17.6 Å². The van der Waals surface area contributed by atoms with Crippen LogP contribution < -0.4 is 15.4 Å². The van der Waals surface area contributed by atoms with Gasteiger partial charge in [-0.15, -0.1) is 11.8 Å². The lowest BCUT2D eigenvalue weighted by atomic mass is 10.2. The van der Waals surface area contributed by atoms with Gasteiger partial charge in [-0.05, 0) is 78.8 Å². The summed E-state index contributed by atoms with van der Waals surface area (Å²) in [6.45, 7) is 3.01. The van der Waals surface area contributed by atoms with Crippen LogP contribution in [0, 0.1) is 5.92 Å². The van der Waals surface area contributed by atoms with Crippen LogP contribution in [0.2, 0.25) is 5.02 Å². The Kier molecular flexibility index (Phi) is 8.23. The number of thioether (sulfide) groups is 1. The molecule has 3 rings (SSSR count). The number of thiocarbonyl (C=S) groups is 1. The van der Waals surface area contributed by atoms with Crippen molar-refractivity contribution in [3.63, 3.8) is 0 Å². The lowest BCUT2D eigenvalue weighted by Crippen LogP contribution is -2.32. The number of rotatable bonds is 8. The summed E-state index contributed by atoms with van der Waals surface area (Å²) in [7, 11) is 0. The predicted molar refractivity (Wildman–Crippen MR) is 129 cm³/mol. The van der Waals surface area contributed by atoms with E-state index < -0.39 is 0 Å². The summed E-state index contributed by atoms with van der Waals surface area (Å²) < 4.78 is 5.80. The van der Waals surface area contributed by atoms with Gasteiger partial charge in [0.25, 0.3) is 0 Å². The third-order valence-electron chi connectivity index (χ3n) is 4.05. The Hall–Kier alpha value is -2.21. The molecular formula is C23H23ClN2OS2. The molecule has 1 atom stereocenters. The molecule has 3 aromatic rings. The Bertz CT molecular complexity index is 902. The second-order valence-corrected chi connectivity index (χ2v) is 8.58. The molecule has 0 bridgehead atoms. The molecule has 1 unspecified atom stereocenters. The summed E-state index contributed by atoms with van der Waals surface area (Å²) in [4.78, 5) is 1.22. The number of halogens is 1. The molecule has 0 amide bonds. The summed E-state index contributed by atoms with van der Waals surface area (Å²) in [5, 5.41) is 7.88. The summed E-state index contributed by atoms with van der Waals surface area (Å²) in [5.74, 6) is 3.07. The van der Waals surface area contributed by atoms with Crippen LogP contribution in [0.5, 0.6) is 11.5 Å². The molecule has 150 valence electrons. The summed E-state index contributed by atoms with van der Waals surface area (Å²) in [6, 6.07) is 25.4. The molecule has 0 saturated carbocycles. The zero-order valence-electron chi connectivity index (χ0n) is 16.1. The average molecular weight is 443 g/mol. The third-order valence-corrected chi connectivity index (χ3v) is 5.89. The molecule has 2 N–H and O–H groups in total. The van der Waals surface area contributed by atoms with Crippen molar-refractivity contribution in [2.24, 2.45) is 5.92 Å². The highest BCUT2D eigenvalue weighted by Crippen LogP contribution is 2.23. The highest BCUT2D eigenvalue weighted by molar-refractivity contribution is 7.99. The van der Waals surface area contributed by atoms with E-state index in [9.17, 15) is 0 Å². The molecule has 29 heavy (non-hydrogen) atoms. The molecule has 0 radical (unpaired) electrons. The van der Waals surface area contributed by atoms with Crippen molar-refractivity contribution in [1.29, 1.82) is 0 Å². The predicted octanol–water partition coefficient (Wildman–Crippen LogP) is 6.85. The zero-order valence-corrected chi connectivity index (χ0v) is 18.5. The van der Waals surface area contributed by atoms with Crippen molar-refractivity contribution >= 4 is 46.4 Å². The molecule has 3 nitrogen and oxygen atoms in total. The molecule has 0 aliphatic carbocycles. The van der Waals surface area contributed by atoms with Crippen LogP contribution in [-0.4, -0.2) is 17.4 Å². The van der Waals surface area contributed by atoms with E-state index in [1.165, 1.54) is 4.90 Å². The SMILES string of the molecule is CC(CNC(=S)Nc1ccc(Oc2ccccc2)cc1)CSc1ccc(Cl)cc1. The number of para-hydroxylation sites is 1. The monoisotopic (exact) mass is 442 g/mol. The minimum Gasteiger partial charge on any atom is -0.457 e. The molecule has 0 aliphatic heterocycles. The van der Waals surface area contributed by atoms with Gasteiger partial charge < -0.3 is 15.4 Å². The largest absolute Gasteiger partial charge is 0.457 e. The van der Waals surface area contributed by atoms with Crippen LogP contribution in [0.15, 0.2) is 83.8 Å². The highest BCUT2D eigenvalue weighted by Gasteiger charge is 2.06. The minimum absolute atomic E-state index is 0.470. The Labute approximate surface area is 186 Å². The quantitative estimate of drug-likeness (QED) is 0.294. The van der Waals surface area contributed by atoms with Crippen molar-refractivity contribution in [3.05, 3.63) is 83.9 Å². The number of nitrogens with one attached hydrogen (secondary N) is 2. The highest BCUT2D eigenvalue weighted by atomic mass is 35.5. The van der Waals surface area contributed by atoms with Gasteiger partial charge in [0.1, 0.15) is 11.5 Å². The van der Waals surface area contributed by atoms with E-state index in [-0.39, 0.29) is 0 Å². The minimum atomic E-state index is 0.470. The van der Waals surface area contributed by atoms with Crippen LogP contribution in [0.25, 0.3) is 0 Å². The number of hydrogen-bond acceptors (Lipinski definition) is 3. The van der Waals surface area contributed by atoms with Crippen LogP contribution in [0.3, 0.4) is 0 Å². The smallest absolute Gasteiger partial charge is 0.170 e. The third kappa shape index (κ3) is 7.61. The number of hydrogen-bond donors (Lipinski definition) is 2. The molecule has 0 spiro atoms. The van der Waals surface area contributed by atoms with Gasteiger partial charge in [-0.1, -0.05) is 36.7 Å². The molecule has 0 aliphatic rings. The fourth-order valence-corrected chi connectivity index (χ4v) is 3.75. The van der Waals surface area contributed by atoms with Crippen molar-refractivity contribution in [2.45, 2.75) is 11.8 Å². The van der Waals surface area contributed by atoms with Crippen LogP contribution in [0.4, 0.5) is 5.69 Å². The van der Waals surface area contributed by atoms with Crippen molar-refractivity contribution in [3.8, 4) is 11.5 Å². The first-order valence-electron chi connectivity index (χ1n) is 9.34. The Morgan fingerprint density at radius 3 is 2.31 bits per heavy atom. The Morgan fingerprint density at radius 1 is 0.966 bits per heavy atom. The van der Waals surface area contributed by atoms with E-state index in [0.717, 1.165) is 34.5 Å². The van der Waals surface area contributed by atoms with Crippen LogP contribution in [-0.2, 0) is 0 Å². The van der Waals surface area contributed by atoms with Crippen LogP contribution in [0.1, 0.15) is 6.92 Å². The first kappa shape index (κ1) is 21.5. The van der Waals surface area contributed by atoms with E-state index in [4.69, 9.17) is 28.6 Å². The van der Waals surface area contributed by atoms with Gasteiger partial charge in [0.15, 0.2) is 5.11 Å².